The highest BCUT2D eigenvalue weighted by molar-refractivity contribution is 5.97. The lowest BCUT2D eigenvalue weighted by Crippen LogP contribution is -2.47. The number of benzene rings is 2. The molecule has 1 saturated heterocycles. The molecule has 0 aliphatic carbocycles. The number of carbonyl (C=O) groups excluding carboxylic acids is 2. The summed E-state index contributed by atoms with van der Waals surface area (Å²) in [6.07, 6.45) is -3.56. The van der Waals surface area contributed by atoms with Crippen LogP contribution in [-0.2, 0) is 6.18 Å². The van der Waals surface area contributed by atoms with Gasteiger partial charge in [0.1, 0.15) is 0 Å². The topological polar surface area (TPSA) is 52.7 Å². The normalized spacial score (nSPS) is 15.0. The number of hydrogen-bond donors (Lipinski definition) is 1. The van der Waals surface area contributed by atoms with Gasteiger partial charge in [0, 0.05) is 49.5 Å². The molecular formula is C23H26F3N3O2. The van der Waals surface area contributed by atoms with Crippen LogP contribution in [0.25, 0.3) is 0 Å². The summed E-state index contributed by atoms with van der Waals surface area (Å²) >= 11 is 0. The second-order valence-electron chi connectivity index (χ2n) is 7.62. The average molecular weight is 433 g/mol. The maximum atomic E-state index is 12.9. The van der Waals surface area contributed by atoms with Crippen LogP contribution in [0.15, 0.2) is 48.5 Å². The Labute approximate surface area is 179 Å². The molecule has 0 unspecified atom stereocenters. The lowest BCUT2D eigenvalue weighted by Gasteiger charge is -2.36. The third-order valence-electron chi connectivity index (χ3n) is 5.40. The average Bonchev–Trinajstić information content (AvgIpc) is 2.76. The van der Waals surface area contributed by atoms with Crippen molar-refractivity contribution in [1.82, 2.24) is 10.2 Å². The van der Waals surface area contributed by atoms with Gasteiger partial charge in [0.15, 0.2) is 5.78 Å². The Hall–Kier alpha value is -2.87. The van der Waals surface area contributed by atoms with E-state index in [9.17, 15) is 22.8 Å². The zero-order valence-electron chi connectivity index (χ0n) is 17.4. The predicted molar refractivity (Wildman–Crippen MR) is 113 cm³/mol. The van der Waals surface area contributed by atoms with Gasteiger partial charge in [0.2, 0.25) is 0 Å². The molecule has 3 rings (SSSR count). The largest absolute Gasteiger partial charge is 0.416 e. The number of carbonyl (C=O) groups is 2. The number of hydrogen-bond acceptors (Lipinski definition) is 4. The van der Waals surface area contributed by atoms with Crippen LogP contribution in [0.3, 0.4) is 0 Å². The van der Waals surface area contributed by atoms with Crippen molar-refractivity contribution in [3.05, 3.63) is 65.2 Å². The summed E-state index contributed by atoms with van der Waals surface area (Å²) in [4.78, 5) is 27.7. The molecule has 1 amide bonds. The molecule has 1 heterocycles. The molecule has 8 heteroatoms. The lowest BCUT2D eigenvalue weighted by molar-refractivity contribution is -0.137. The molecule has 0 spiro atoms. The highest BCUT2D eigenvalue weighted by atomic mass is 19.4. The number of amides is 1. The Bertz CT molecular complexity index is 905. The van der Waals surface area contributed by atoms with E-state index in [1.54, 1.807) is 30.3 Å². The molecule has 31 heavy (non-hydrogen) atoms. The van der Waals surface area contributed by atoms with Crippen molar-refractivity contribution in [2.45, 2.75) is 19.5 Å². The fourth-order valence-corrected chi connectivity index (χ4v) is 3.57. The lowest BCUT2D eigenvalue weighted by atomic mass is 10.1. The number of Topliss-reactive ketones (excluding diaryl/α,β-unsaturated/α-hetero) is 1. The molecule has 0 bridgehead atoms. The first-order chi connectivity index (χ1) is 14.7. The van der Waals surface area contributed by atoms with Crippen LogP contribution >= 0.6 is 0 Å². The molecule has 1 N–H and O–H groups in total. The molecule has 0 radical (unpaired) electrons. The number of halogens is 3. The monoisotopic (exact) mass is 433 g/mol. The van der Waals surface area contributed by atoms with Gasteiger partial charge in [0.05, 0.1) is 5.56 Å². The standard InChI is InChI=1S/C23H26F3N3O2/c1-17(30)18-6-8-19(9-7-18)22(31)27-10-3-11-28-12-14-29(15-13-28)21-5-2-4-20(16-21)23(24,25)26/h2,4-9,16H,3,10-15H2,1H3,(H,27,31). The molecule has 0 aromatic heterocycles. The van der Waals surface area contributed by atoms with E-state index in [0.717, 1.165) is 32.1 Å². The predicted octanol–water partition coefficient (Wildman–Crippen LogP) is 3.85. The van der Waals surface area contributed by atoms with Crippen molar-refractivity contribution >= 4 is 17.4 Å². The summed E-state index contributed by atoms with van der Waals surface area (Å²) < 4.78 is 38.7. The van der Waals surface area contributed by atoms with Gasteiger partial charge in [-0.2, -0.15) is 13.2 Å². The van der Waals surface area contributed by atoms with Crippen LogP contribution < -0.4 is 10.2 Å². The summed E-state index contributed by atoms with van der Waals surface area (Å²) in [5.74, 6) is -0.218. The SMILES string of the molecule is CC(=O)c1ccc(C(=O)NCCCN2CCN(c3cccc(C(F)(F)F)c3)CC2)cc1. The van der Waals surface area contributed by atoms with Gasteiger partial charge in [0.25, 0.3) is 5.91 Å². The van der Waals surface area contributed by atoms with Gasteiger partial charge in [-0.3, -0.25) is 14.5 Å². The van der Waals surface area contributed by atoms with E-state index in [4.69, 9.17) is 0 Å². The summed E-state index contributed by atoms with van der Waals surface area (Å²) in [7, 11) is 0. The van der Waals surface area contributed by atoms with E-state index in [0.29, 0.717) is 36.4 Å². The van der Waals surface area contributed by atoms with Crippen LogP contribution in [0.4, 0.5) is 18.9 Å². The molecular weight excluding hydrogens is 407 g/mol. The highest BCUT2D eigenvalue weighted by Crippen LogP contribution is 2.31. The Balaban J connectivity index is 1.39. The highest BCUT2D eigenvalue weighted by Gasteiger charge is 2.31. The fourth-order valence-electron chi connectivity index (χ4n) is 3.57. The van der Waals surface area contributed by atoms with Crippen LogP contribution in [0, 0.1) is 0 Å². The summed E-state index contributed by atoms with van der Waals surface area (Å²) in [6.45, 7) is 5.66. The number of alkyl halides is 3. The van der Waals surface area contributed by atoms with Gasteiger partial charge < -0.3 is 10.2 Å². The van der Waals surface area contributed by atoms with Gasteiger partial charge >= 0.3 is 6.18 Å². The Morgan fingerprint density at radius 1 is 0.968 bits per heavy atom. The number of anilines is 1. The molecule has 0 saturated carbocycles. The molecule has 5 nitrogen and oxygen atoms in total. The molecule has 2 aromatic rings. The van der Waals surface area contributed by atoms with Crippen molar-refractivity contribution in [1.29, 1.82) is 0 Å². The second-order valence-corrected chi connectivity index (χ2v) is 7.62. The molecule has 0 atom stereocenters. The van der Waals surface area contributed by atoms with E-state index in [2.05, 4.69) is 10.2 Å². The van der Waals surface area contributed by atoms with Crippen LogP contribution in [-0.4, -0.2) is 55.9 Å². The molecule has 1 aliphatic rings. The van der Waals surface area contributed by atoms with E-state index >= 15 is 0 Å². The quantitative estimate of drug-likeness (QED) is 0.532. The third-order valence-corrected chi connectivity index (χ3v) is 5.40. The molecule has 1 fully saturated rings. The Morgan fingerprint density at radius 3 is 2.23 bits per heavy atom. The minimum atomic E-state index is -4.34. The van der Waals surface area contributed by atoms with Crippen molar-refractivity contribution in [2.24, 2.45) is 0 Å². The molecule has 2 aromatic carbocycles. The van der Waals surface area contributed by atoms with Crippen molar-refractivity contribution in [3.63, 3.8) is 0 Å². The van der Waals surface area contributed by atoms with Gasteiger partial charge in [-0.15, -0.1) is 0 Å². The zero-order valence-corrected chi connectivity index (χ0v) is 17.4. The first-order valence-electron chi connectivity index (χ1n) is 10.3. The number of piperazine rings is 1. The van der Waals surface area contributed by atoms with Gasteiger partial charge in [-0.05, 0) is 50.2 Å². The summed E-state index contributed by atoms with van der Waals surface area (Å²) in [5, 5.41) is 2.87. The smallest absolute Gasteiger partial charge is 0.369 e. The minimum absolute atomic E-state index is 0.0416. The summed E-state index contributed by atoms with van der Waals surface area (Å²) in [6, 6.07) is 12.0. The van der Waals surface area contributed by atoms with Crippen molar-refractivity contribution in [2.75, 3.05) is 44.2 Å². The Morgan fingerprint density at radius 2 is 1.61 bits per heavy atom. The maximum absolute atomic E-state index is 12.9. The minimum Gasteiger partial charge on any atom is -0.369 e. The van der Waals surface area contributed by atoms with Crippen LogP contribution in [0.2, 0.25) is 0 Å². The number of nitrogens with zero attached hydrogens (tertiary/aromatic N) is 2. The van der Waals surface area contributed by atoms with E-state index < -0.39 is 11.7 Å². The number of ketones is 1. The zero-order chi connectivity index (χ0) is 22.4. The second kappa shape index (κ2) is 9.96. The van der Waals surface area contributed by atoms with Crippen molar-refractivity contribution < 1.29 is 22.8 Å². The summed E-state index contributed by atoms with van der Waals surface area (Å²) in [5.41, 5.74) is 1.05. The first kappa shape index (κ1) is 22.8. The number of nitrogens with one attached hydrogen (secondary N) is 1. The van der Waals surface area contributed by atoms with E-state index in [-0.39, 0.29) is 11.7 Å². The molecule has 166 valence electrons. The third kappa shape index (κ3) is 6.30. The maximum Gasteiger partial charge on any atom is 0.416 e. The van der Waals surface area contributed by atoms with E-state index in [1.807, 2.05) is 4.90 Å². The van der Waals surface area contributed by atoms with Crippen molar-refractivity contribution in [3.8, 4) is 0 Å². The van der Waals surface area contributed by atoms with E-state index in [1.165, 1.54) is 19.1 Å². The molecule has 1 aliphatic heterocycles. The Kier molecular flexibility index (Phi) is 7.33. The van der Waals surface area contributed by atoms with Gasteiger partial charge in [-0.1, -0.05) is 18.2 Å². The van der Waals surface area contributed by atoms with Gasteiger partial charge in [-0.25, -0.2) is 0 Å². The van der Waals surface area contributed by atoms with Crippen LogP contribution in [0.1, 0.15) is 39.6 Å². The van der Waals surface area contributed by atoms with Crippen LogP contribution in [0.5, 0.6) is 0 Å². The fraction of sp³-hybridized carbons (Fsp3) is 0.391. The number of rotatable bonds is 7. The first-order valence-corrected chi connectivity index (χ1v) is 10.3.